The van der Waals surface area contributed by atoms with Gasteiger partial charge in [0.15, 0.2) is 0 Å². The minimum absolute atomic E-state index is 0.375. The van der Waals surface area contributed by atoms with Crippen LogP contribution in [0.15, 0.2) is 0 Å². The van der Waals surface area contributed by atoms with E-state index in [1.807, 2.05) is 11.8 Å². The molecular formula is C8H18OS. The van der Waals surface area contributed by atoms with Crippen LogP contribution in [0.25, 0.3) is 0 Å². The lowest BCUT2D eigenvalue weighted by atomic mass is 10.4. The van der Waals surface area contributed by atoms with Crippen LogP contribution in [-0.4, -0.2) is 23.7 Å². The zero-order chi connectivity index (χ0) is 7.98. The van der Waals surface area contributed by atoms with Crippen LogP contribution < -0.4 is 0 Å². The molecule has 0 aliphatic heterocycles. The molecule has 0 aliphatic carbocycles. The van der Waals surface area contributed by atoms with Gasteiger partial charge >= 0.3 is 0 Å². The summed E-state index contributed by atoms with van der Waals surface area (Å²) in [7, 11) is 0. The maximum absolute atomic E-state index is 5.44. The lowest BCUT2D eigenvalue weighted by Crippen LogP contribution is -2.12. The average molecular weight is 162 g/mol. The minimum Gasteiger partial charge on any atom is -0.378 e. The molecule has 0 aromatic rings. The van der Waals surface area contributed by atoms with Crippen LogP contribution in [0.4, 0.5) is 0 Å². The monoisotopic (exact) mass is 162 g/mol. The number of hydrogen-bond acceptors (Lipinski definition) is 2. The third-order valence-electron chi connectivity index (χ3n) is 1.12. The summed E-state index contributed by atoms with van der Waals surface area (Å²) >= 11 is 1.95. The molecule has 0 heterocycles. The molecule has 0 spiro atoms. The molecule has 0 aromatic carbocycles. The molecule has 0 bridgehead atoms. The summed E-state index contributed by atoms with van der Waals surface area (Å²) in [5.74, 6) is 1.18. The van der Waals surface area contributed by atoms with E-state index in [0.29, 0.717) is 11.4 Å². The molecular weight excluding hydrogens is 144 g/mol. The first-order chi connectivity index (χ1) is 4.66. The molecule has 0 N–H and O–H groups in total. The Hall–Kier alpha value is 0.310. The Morgan fingerprint density at radius 3 is 2.30 bits per heavy atom. The summed E-state index contributed by atoms with van der Waals surface area (Å²) in [4.78, 5) is 0. The predicted molar refractivity (Wildman–Crippen MR) is 48.7 cm³/mol. The van der Waals surface area contributed by atoms with E-state index in [2.05, 4.69) is 27.7 Å². The van der Waals surface area contributed by atoms with Gasteiger partial charge in [0.25, 0.3) is 0 Å². The van der Waals surface area contributed by atoms with E-state index >= 15 is 0 Å². The Balaban J connectivity index is 3.12. The summed E-state index contributed by atoms with van der Waals surface area (Å²) in [5.41, 5.74) is 0. The zero-order valence-electron chi connectivity index (χ0n) is 7.39. The Labute approximate surface area is 68.5 Å². The topological polar surface area (TPSA) is 9.23 Å². The van der Waals surface area contributed by atoms with Crippen molar-refractivity contribution in [2.75, 3.05) is 12.4 Å². The second kappa shape index (κ2) is 6.05. The van der Waals surface area contributed by atoms with Crippen molar-refractivity contribution in [2.45, 2.75) is 39.0 Å². The van der Waals surface area contributed by atoms with E-state index < -0.39 is 0 Å². The van der Waals surface area contributed by atoms with Crippen molar-refractivity contribution >= 4 is 11.8 Å². The Morgan fingerprint density at radius 1 is 1.30 bits per heavy atom. The summed E-state index contributed by atoms with van der Waals surface area (Å²) in [6.45, 7) is 9.41. The average Bonchev–Trinajstić information content (AvgIpc) is 1.85. The Morgan fingerprint density at radius 2 is 1.90 bits per heavy atom. The molecule has 1 nitrogen and oxygen atoms in total. The van der Waals surface area contributed by atoms with Crippen LogP contribution in [0, 0.1) is 0 Å². The largest absolute Gasteiger partial charge is 0.378 e. The molecule has 0 rings (SSSR count). The van der Waals surface area contributed by atoms with Crippen LogP contribution in [0.3, 0.4) is 0 Å². The van der Waals surface area contributed by atoms with Crippen molar-refractivity contribution in [3.05, 3.63) is 0 Å². The van der Waals surface area contributed by atoms with Gasteiger partial charge in [-0.15, -0.1) is 0 Å². The lowest BCUT2D eigenvalue weighted by Gasteiger charge is -2.12. The van der Waals surface area contributed by atoms with Gasteiger partial charge in [-0.2, -0.15) is 11.8 Å². The highest BCUT2D eigenvalue weighted by atomic mass is 32.2. The fourth-order valence-electron chi connectivity index (χ4n) is 0.661. The normalized spacial score (nSPS) is 14.1. The third-order valence-corrected chi connectivity index (χ3v) is 2.15. The molecule has 0 saturated heterocycles. The van der Waals surface area contributed by atoms with Gasteiger partial charge in [-0.3, -0.25) is 0 Å². The maximum atomic E-state index is 5.44. The highest BCUT2D eigenvalue weighted by Crippen LogP contribution is 2.09. The zero-order valence-corrected chi connectivity index (χ0v) is 8.20. The number of thioether (sulfide) groups is 1. The van der Waals surface area contributed by atoms with Gasteiger partial charge in [0, 0.05) is 5.25 Å². The molecule has 1 atom stereocenters. The van der Waals surface area contributed by atoms with E-state index in [1.165, 1.54) is 5.75 Å². The molecule has 0 amide bonds. The van der Waals surface area contributed by atoms with Gasteiger partial charge in [-0.1, -0.05) is 13.8 Å². The Bertz CT molecular complexity index is 73.7. The first kappa shape index (κ1) is 10.3. The van der Waals surface area contributed by atoms with Gasteiger partial charge < -0.3 is 4.74 Å². The molecule has 1 unspecified atom stereocenters. The fraction of sp³-hybridized carbons (Fsp3) is 1.00. The number of hydrogen-bond donors (Lipinski definition) is 0. The third kappa shape index (κ3) is 6.43. The van der Waals surface area contributed by atoms with Crippen molar-refractivity contribution in [3.8, 4) is 0 Å². The van der Waals surface area contributed by atoms with Crippen molar-refractivity contribution < 1.29 is 4.74 Å². The van der Waals surface area contributed by atoms with Gasteiger partial charge in [0.05, 0.1) is 12.7 Å². The fourth-order valence-corrected chi connectivity index (χ4v) is 1.40. The molecule has 0 fully saturated rings. The van der Waals surface area contributed by atoms with Crippen LogP contribution in [0.2, 0.25) is 0 Å². The highest BCUT2D eigenvalue weighted by Gasteiger charge is 2.01. The van der Waals surface area contributed by atoms with Gasteiger partial charge in [-0.05, 0) is 19.6 Å². The van der Waals surface area contributed by atoms with Crippen molar-refractivity contribution in [1.82, 2.24) is 0 Å². The summed E-state index contributed by atoms with van der Waals surface area (Å²) in [5, 5.41) is 0.646. The molecule has 0 aliphatic rings. The minimum atomic E-state index is 0.375. The van der Waals surface area contributed by atoms with E-state index in [-0.39, 0.29) is 0 Å². The molecule has 0 radical (unpaired) electrons. The lowest BCUT2D eigenvalue weighted by molar-refractivity contribution is 0.0820. The second-order valence-electron chi connectivity index (χ2n) is 2.65. The van der Waals surface area contributed by atoms with E-state index in [1.54, 1.807) is 0 Å². The van der Waals surface area contributed by atoms with Crippen LogP contribution in [-0.2, 0) is 4.74 Å². The molecule has 2 heteroatoms. The van der Waals surface area contributed by atoms with Crippen LogP contribution in [0.1, 0.15) is 27.7 Å². The van der Waals surface area contributed by atoms with E-state index in [9.17, 15) is 0 Å². The molecule has 0 saturated carbocycles. The second-order valence-corrected chi connectivity index (χ2v) is 4.36. The van der Waals surface area contributed by atoms with Crippen LogP contribution >= 0.6 is 11.8 Å². The standard InChI is InChI=1S/C8H18OS/c1-5-10-8(4)6-9-7(2)3/h7-8H,5-6H2,1-4H3. The summed E-state index contributed by atoms with van der Waals surface area (Å²) < 4.78 is 5.44. The summed E-state index contributed by atoms with van der Waals surface area (Å²) in [6, 6.07) is 0. The smallest absolute Gasteiger partial charge is 0.0585 e. The van der Waals surface area contributed by atoms with E-state index in [0.717, 1.165) is 6.61 Å². The van der Waals surface area contributed by atoms with Gasteiger partial charge in [0.1, 0.15) is 0 Å². The van der Waals surface area contributed by atoms with Crippen molar-refractivity contribution in [2.24, 2.45) is 0 Å². The predicted octanol–water partition coefficient (Wildman–Crippen LogP) is 2.55. The van der Waals surface area contributed by atoms with Crippen molar-refractivity contribution in [3.63, 3.8) is 0 Å². The highest BCUT2D eigenvalue weighted by molar-refractivity contribution is 7.99. The molecule has 62 valence electrons. The molecule has 0 aromatic heterocycles. The Kier molecular flexibility index (Phi) is 6.24. The maximum Gasteiger partial charge on any atom is 0.0585 e. The first-order valence-corrected chi connectivity index (χ1v) is 4.94. The SMILES string of the molecule is CCSC(C)COC(C)C. The van der Waals surface area contributed by atoms with Crippen molar-refractivity contribution in [1.29, 1.82) is 0 Å². The van der Waals surface area contributed by atoms with Gasteiger partial charge in [0.2, 0.25) is 0 Å². The quantitative estimate of drug-likeness (QED) is 0.614. The van der Waals surface area contributed by atoms with Gasteiger partial charge in [-0.25, -0.2) is 0 Å². The summed E-state index contributed by atoms with van der Waals surface area (Å²) in [6.07, 6.45) is 0.375. The first-order valence-electron chi connectivity index (χ1n) is 3.90. The number of ether oxygens (including phenoxy) is 1. The van der Waals surface area contributed by atoms with Crippen LogP contribution in [0.5, 0.6) is 0 Å². The van der Waals surface area contributed by atoms with E-state index in [4.69, 9.17) is 4.74 Å². The molecule has 10 heavy (non-hydrogen) atoms. The number of rotatable bonds is 5.